The number of hydrogen-bond acceptors (Lipinski definition) is 4. The molecule has 82 valence electrons. The summed E-state index contributed by atoms with van der Waals surface area (Å²) in [7, 11) is 0. The number of pyridine rings is 1. The molecule has 0 amide bonds. The number of aliphatic carboxylic acids is 1. The number of aromatic nitrogens is 2. The smallest absolute Gasteiger partial charge is 0.323 e. The van der Waals surface area contributed by atoms with Gasteiger partial charge >= 0.3 is 10.8 Å². The Hall–Kier alpha value is -1.95. The van der Waals surface area contributed by atoms with E-state index < -0.39 is 5.97 Å². The minimum absolute atomic E-state index is 0.269. The fourth-order valence-corrected chi connectivity index (χ4v) is 2.13. The number of carboxylic acids is 1. The monoisotopic (exact) mass is 236 g/mol. The van der Waals surface area contributed by atoms with Crippen LogP contribution in [0.4, 0.5) is 0 Å². The fourth-order valence-electron chi connectivity index (χ4n) is 1.36. The number of rotatable bonds is 3. The molecule has 0 atom stereocenters. The van der Waals surface area contributed by atoms with E-state index >= 15 is 0 Å². The van der Waals surface area contributed by atoms with Crippen molar-refractivity contribution in [2.24, 2.45) is 0 Å². The lowest BCUT2D eigenvalue weighted by molar-refractivity contribution is -0.137. The molecular weight excluding hydrogens is 228 g/mol. The van der Waals surface area contributed by atoms with Crippen LogP contribution in [-0.2, 0) is 11.3 Å². The topological polar surface area (TPSA) is 72.2 Å². The number of thiazole rings is 1. The third-order valence-corrected chi connectivity index (χ3v) is 2.82. The van der Waals surface area contributed by atoms with Crippen LogP contribution >= 0.6 is 11.3 Å². The van der Waals surface area contributed by atoms with Crippen molar-refractivity contribution in [2.75, 3.05) is 0 Å². The summed E-state index contributed by atoms with van der Waals surface area (Å²) in [6.07, 6.45) is 3.20. The Bertz CT molecular complexity index is 559. The zero-order valence-electron chi connectivity index (χ0n) is 8.16. The lowest BCUT2D eigenvalue weighted by Gasteiger charge is -2.03. The molecule has 0 spiro atoms. The van der Waals surface area contributed by atoms with Crippen molar-refractivity contribution >= 4 is 17.3 Å². The molecule has 5 nitrogen and oxygen atoms in total. The molecule has 0 fully saturated rings. The standard InChI is InChI=1S/C10H8N2O3S/c13-9(14)5-12-8(6-16-10(12)15)7-1-3-11-4-2-7/h1-4,6H,5H2,(H,13,14). The van der Waals surface area contributed by atoms with Crippen LogP contribution in [0.25, 0.3) is 11.3 Å². The molecule has 0 saturated heterocycles. The molecule has 0 aromatic carbocycles. The van der Waals surface area contributed by atoms with Gasteiger partial charge in [-0.1, -0.05) is 11.3 Å². The van der Waals surface area contributed by atoms with Crippen LogP contribution in [0.2, 0.25) is 0 Å². The number of nitrogens with zero attached hydrogens (tertiary/aromatic N) is 2. The average Bonchev–Trinajstić information content (AvgIpc) is 2.61. The molecule has 0 aliphatic carbocycles. The van der Waals surface area contributed by atoms with Crippen molar-refractivity contribution in [3.05, 3.63) is 39.6 Å². The molecule has 0 bridgehead atoms. The predicted octanol–water partition coefficient (Wildman–Crippen LogP) is 1.06. The predicted molar refractivity (Wildman–Crippen MR) is 59.4 cm³/mol. The van der Waals surface area contributed by atoms with Crippen molar-refractivity contribution in [1.29, 1.82) is 0 Å². The van der Waals surface area contributed by atoms with Crippen molar-refractivity contribution in [3.8, 4) is 11.3 Å². The molecule has 16 heavy (non-hydrogen) atoms. The maximum absolute atomic E-state index is 11.5. The van der Waals surface area contributed by atoms with E-state index in [-0.39, 0.29) is 11.4 Å². The van der Waals surface area contributed by atoms with E-state index in [9.17, 15) is 9.59 Å². The highest BCUT2D eigenvalue weighted by Gasteiger charge is 2.11. The molecule has 2 heterocycles. The van der Waals surface area contributed by atoms with E-state index in [0.29, 0.717) is 5.69 Å². The van der Waals surface area contributed by atoms with Crippen LogP contribution in [0.3, 0.4) is 0 Å². The normalized spacial score (nSPS) is 10.2. The fraction of sp³-hybridized carbons (Fsp3) is 0.100. The van der Waals surface area contributed by atoms with E-state index in [1.54, 1.807) is 29.9 Å². The summed E-state index contributed by atoms with van der Waals surface area (Å²) < 4.78 is 1.24. The van der Waals surface area contributed by atoms with Crippen LogP contribution in [0, 0.1) is 0 Å². The first-order valence-electron chi connectivity index (χ1n) is 4.49. The van der Waals surface area contributed by atoms with Crippen molar-refractivity contribution in [3.63, 3.8) is 0 Å². The molecule has 2 rings (SSSR count). The minimum Gasteiger partial charge on any atom is -0.480 e. The molecular formula is C10H8N2O3S. The first-order valence-corrected chi connectivity index (χ1v) is 5.37. The summed E-state index contributed by atoms with van der Waals surface area (Å²) in [4.78, 5) is 25.7. The van der Waals surface area contributed by atoms with Crippen LogP contribution in [0.1, 0.15) is 0 Å². The second-order valence-electron chi connectivity index (χ2n) is 3.10. The van der Waals surface area contributed by atoms with Gasteiger partial charge in [-0.2, -0.15) is 0 Å². The highest BCUT2D eigenvalue weighted by atomic mass is 32.1. The van der Waals surface area contributed by atoms with Gasteiger partial charge in [-0.05, 0) is 12.1 Å². The molecule has 2 aromatic rings. The van der Waals surface area contributed by atoms with Gasteiger partial charge in [-0.15, -0.1) is 0 Å². The molecule has 0 radical (unpaired) electrons. The van der Waals surface area contributed by atoms with Gasteiger partial charge in [0.25, 0.3) is 0 Å². The Morgan fingerprint density at radius 2 is 2.12 bits per heavy atom. The summed E-state index contributed by atoms with van der Waals surface area (Å²) >= 11 is 0.992. The van der Waals surface area contributed by atoms with Gasteiger partial charge in [0.1, 0.15) is 6.54 Å². The molecule has 0 aliphatic heterocycles. The number of carboxylic acid groups (broad SMARTS) is 1. The minimum atomic E-state index is -1.03. The zero-order chi connectivity index (χ0) is 11.5. The SMILES string of the molecule is O=C(O)Cn1c(-c2ccncc2)csc1=O. The van der Waals surface area contributed by atoms with Crippen LogP contribution in [0.5, 0.6) is 0 Å². The third-order valence-electron chi connectivity index (χ3n) is 2.05. The van der Waals surface area contributed by atoms with Gasteiger partial charge in [0.15, 0.2) is 0 Å². The molecule has 6 heteroatoms. The van der Waals surface area contributed by atoms with E-state index in [1.807, 2.05) is 0 Å². The van der Waals surface area contributed by atoms with Crippen LogP contribution in [0.15, 0.2) is 34.7 Å². The van der Waals surface area contributed by atoms with Gasteiger partial charge in [0.05, 0.1) is 5.69 Å². The number of carbonyl (C=O) groups is 1. The van der Waals surface area contributed by atoms with E-state index in [2.05, 4.69) is 4.98 Å². The summed E-state index contributed by atoms with van der Waals surface area (Å²) in [6.45, 7) is -0.319. The Balaban J connectivity index is 2.50. The van der Waals surface area contributed by atoms with Crippen molar-refractivity contribution in [1.82, 2.24) is 9.55 Å². The van der Waals surface area contributed by atoms with Gasteiger partial charge in [-0.3, -0.25) is 19.1 Å². The highest BCUT2D eigenvalue weighted by Crippen LogP contribution is 2.18. The van der Waals surface area contributed by atoms with Crippen molar-refractivity contribution < 1.29 is 9.90 Å². The maximum Gasteiger partial charge on any atom is 0.323 e. The first kappa shape index (κ1) is 10.6. The van der Waals surface area contributed by atoms with Crippen LogP contribution < -0.4 is 4.87 Å². The molecule has 0 unspecified atom stereocenters. The van der Waals surface area contributed by atoms with Crippen LogP contribution in [-0.4, -0.2) is 20.6 Å². The van der Waals surface area contributed by atoms with Gasteiger partial charge in [-0.25, -0.2) is 0 Å². The Kier molecular flexibility index (Phi) is 2.82. The highest BCUT2D eigenvalue weighted by molar-refractivity contribution is 7.07. The van der Waals surface area contributed by atoms with E-state index in [4.69, 9.17) is 5.11 Å². The second-order valence-corrected chi connectivity index (χ2v) is 3.92. The lowest BCUT2D eigenvalue weighted by Crippen LogP contribution is -2.19. The Morgan fingerprint density at radius 3 is 2.75 bits per heavy atom. The summed E-state index contributed by atoms with van der Waals surface area (Å²) in [5.41, 5.74) is 1.40. The molecule has 0 saturated carbocycles. The zero-order valence-corrected chi connectivity index (χ0v) is 8.98. The first-order chi connectivity index (χ1) is 7.68. The van der Waals surface area contributed by atoms with E-state index in [1.165, 1.54) is 4.57 Å². The quantitative estimate of drug-likeness (QED) is 0.864. The van der Waals surface area contributed by atoms with Gasteiger partial charge in [0, 0.05) is 23.3 Å². The largest absolute Gasteiger partial charge is 0.480 e. The maximum atomic E-state index is 11.5. The average molecular weight is 236 g/mol. The third kappa shape index (κ3) is 2.01. The van der Waals surface area contributed by atoms with Crippen molar-refractivity contribution in [2.45, 2.75) is 6.54 Å². The van der Waals surface area contributed by atoms with Gasteiger partial charge < -0.3 is 5.11 Å². The Morgan fingerprint density at radius 1 is 1.44 bits per heavy atom. The molecule has 1 N–H and O–H groups in total. The summed E-state index contributed by atoms with van der Waals surface area (Å²) in [5.74, 6) is -1.03. The Labute approximate surface area is 94.6 Å². The summed E-state index contributed by atoms with van der Waals surface area (Å²) in [5, 5.41) is 10.4. The molecule has 0 aliphatic rings. The van der Waals surface area contributed by atoms with Gasteiger partial charge in [0.2, 0.25) is 0 Å². The summed E-state index contributed by atoms with van der Waals surface area (Å²) in [6, 6.07) is 3.47. The van der Waals surface area contributed by atoms with E-state index in [0.717, 1.165) is 16.9 Å². The lowest BCUT2D eigenvalue weighted by atomic mass is 10.2. The molecule has 2 aromatic heterocycles. The number of hydrogen-bond donors (Lipinski definition) is 1. The second kappa shape index (κ2) is 4.28.